The molecule has 1 aromatic heterocycles. The van der Waals surface area contributed by atoms with Gasteiger partial charge < -0.3 is 19.5 Å². The van der Waals surface area contributed by atoms with E-state index in [-0.39, 0.29) is 17.9 Å². The molecule has 2 aliphatic heterocycles. The molecule has 5 rings (SSSR count). The van der Waals surface area contributed by atoms with Gasteiger partial charge in [0.15, 0.2) is 0 Å². The van der Waals surface area contributed by atoms with Crippen LogP contribution in [0, 0.1) is 20.8 Å². The first-order valence-corrected chi connectivity index (χ1v) is 11.7. The Kier molecular flexibility index (Phi) is 5.63. The first-order chi connectivity index (χ1) is 16.3. The van der Waals surface area contributed by atoms with Crippen molar-refractivity contribution in [3.63, 3.8) is 0 Å². The van der Waals surface area contributed by atoms with Gasteiger partial charge in [0, 0.05) is 48.9 Å². The van der Waals surface area contributed by atoms with Crippen LogP contribution in [0.2, 0.25) is 0 Å². The predicted octanol–water partition coefficient (Wildman–Crippen LogP) is 4.41. The van der Waals surface area contributed by atoms with Gasteiger partial charge in [-0.15, -0.1) is 0 Å². The molecule has 0 aliphatic carbocycles. The van der Waals surface area contributed by atoms with Gasteiger partial charge in [-0.25, -0.2) is 9.78 Å². The average molecular weight is 459 g/mol. The zero-order valence-electron chi connectivity index (χ0n) is 20.1. The van der Waals surface area contributed by atoms with E-state index < -0.39 is 0 Å². The molecule has 0 unspecified atom stereocenters. The van der Waals surface area contributed by atoms with Crippen LogP contribution < -0.4 is 0 Å². The predicted molar refractivity (Wildman–Crippen MR) is 130 cm³/mol. The Bertz CT molecular complexity index is 1240. The summed E-state index contributed by atoms with van der Waals surface area (Å²) in [6.07, 6.45) is -0.308. The van der Waals surface area contributed by atoms with Gasteiger partial charge in [0.1, 0.15) is 5.82 Å². The first kappa shape index (κ1) is 22.2. The molecule has 0 atom stereocenters. The molecule has 2 aliphatic rings. The molecule has 2 saturated heterocycles. The lowest BCUT2D eigenvalue weighted by Crippen LogP contribution is -2.48. The van der Waals surface area contributed by atoms with Crippen LogP contribution >= 0.6 is 0 Å². The monoisotopic (exact) mass is 458 g/mol. The lowest BCUT2D eigenvalue weighted by atomic mass is 9.90. The molecule has 1 N–H and O–H groups in total. The molecule has 0 spiro atoms. The SMILES string of the molecule is COC(=O)N1CC(c2nc(-c3cc(C(=O)N4CC(c5ccc(C)cc5)C4)ccc3C)c(C)[nH]2)C1. The van der Waals surface area contributed by atoms with Gasteiger partial charge in [0.2, 0.25) is 0 Å². The summed E-state index contributed by atoms with van der Waals surface area (Å²) in [6.45, 7) is 8.79. The maximum Gasteiger partial charge on any atom is 0.409 e. The molecular formula is C27H30N4O3. The first-order valence-electron chi connectivity index (χ1n) is 11.7. The van der Waals surface area contributed by atoms with Crippen molar-refractivity contribution in [3.8, 4) is 11.3 Å². The molecule has 2 amide bonds. The number of likely N-dealkylation sites (tertiary alicyclic amines) is 2. The summed E-state index contributed by atoms with van der Waals surface area (Å²) in [7, 11) is 1.39. The van der Waals surface area contributed by atoms with Crippen LogP contribution in [0.3, 0.4) is 0 Å². The minimum absolute atomic E-state index is 0.0609. The second-order valence-corrected chi connectivity index (χ2v) is 9.52. The molecule has 34 heavy (non-hydrogen) atoms. The van der Waals surface area contributed by atoms with Crippen LogP contribution in [-0.2, 0) is 4.74 Å². The summed E-state index contributed by atoms with van der Waals surface area (Å²) in [4.78, 5) is 36.6. The number of hydrogen-bond acceptors (Lipinski definition) is 4. The van der Waals surface area contributed by atoms with E-state index in [0.29, 0.717) is 24.6 Å². The van der Waals surface area contributed by atoms with Crippen LogP contribution in [0.25, 0.3) is 11.3 Å². The third-order valence-electron chi connectivity index (χ3n) is 7.06. The molecule has 176 valence electrons. The molecule has 0 bridgehead atoms. The van der Waals surface area contributed by atoms with E-state index in [1.54, 1.807) is 4.90 Å². The quantitative estimate of drug-likeness (QED) is 0.628. The fourth-order valence-electron chi connectivity index (χ4n) is 4.76. The maximum absolute atomic E-state index is 13.2. The number of rotatable bonds is 4. The topological polar surface area (TPSA) is 78.5 Å². The van der Waals surface area contributed by atoms with Gasteiger partial charge in [-0.2, -0.15) is 0 Å². The van der Waals surface area contributed by atoms with Gasteiger partial charge in [-0.3, -0.25) is 4.79 Å². The van der Waals surface area contributed by atoms with Crippen molar-refractivity contribution in [1.82, 2.24) is 19.8 Å². The summed E-state index contributed by atoms with van der Waals surface area (Å²) in [5, 5.41) is 0. The van der Waals surface area contributed by atoms with E-state index in [1.165, 1.54) is 18.2 Å². The van der Waals surface area contributed by atoms with E-state index >= 15 is 0 Å². The number of carbonyl (C=O) groups is 2. The number of aromatic amines is 1. The van der Waals surface area contributed by atoms with Gasteiger partial charge in [0.25, 0.3) is 5.91 Å². The second-order valence-electron chi connectivity index (χ2n) is 9.52. The number of amides is 2. The van der Waals surface area contributed by atoms with Crippen LogP contribution in [0.4, 0.5) is 4.79 Å². The fraction of sp³-hybridized carbons (Fsp3) is 0.370. The Hall–Kier alpha value is -3.61. The Balaban J connectivity index is 1.30. The number of nitrogens with one attached hydrogen (secondary N) is 1. The van der Waals surface area contributed by atoms with Crippen molar-refractivity contribution in [2.45, 2.75) is 32.6 Å². The number of ether oxygens (including phenoxy) is 1. The standard InChI is InChI=1S/C27H30N4O3/c1-16-5-8-19(9-6-16)21-12-30(13-21)26(32)20-10-7-17(2)23(11-20)24-18(3)28-25(29-24)22-14-31(15-22)27(33)34-4/h5-11,21-22H,12-15H2,1-4H3,(H,28,29). The smallest absolute Gasteiger partial charge is 0.409 e. The zero-order valence-corrected chi connectivity index (χ0v) is 20.1. The number of H-pyrrole nitrogens is 1. The van der Waals surface area contributed by atoms with Crippen LogP contribution in [0.15, 0.2) is 42.5 Å². The van der Waals surface area contributed by atoms with E-state index in [4.69, 9.17) is 9.72 Å². The van der Waals surface area contributed by atoms with E-state index in [1.807, 2.05) is 36.9 Å². The number of hydrogen-bond donors (Lipinski definition) is 1. The average Bonchev–Trinajstić information content (AvgIpc) is 3.13. The molecule has 7 heteroatoms. The normalized spacial score (nSPS) is 16.2. The van der Waals surface area contributed by atoms with Crippen molar-refractivity contribution in [2.75, 3.05) is 33.3 Å². The zero-order chi connectivity index (χ0) is 24.0. The molecule has 7 nitrogen and oxygen atoms in total. The Morgan fingerprint density at radius 2 is 1.62 bits per heavy atom. The number of carbonyl (C=O) groups excluding carboxylic acids is 2. The highest BCUT2D eigenvalue weighted by Crippen LogP contribution is 2.33. The van der Waals surface area contributed by atoms with Crippen LogP contribution in [0.5, 0.6) is 0 Å². The van der Waals surface area contributed by atoms with E-state index in [0.717, 1.165) is 41.4 Å². The van der Waals surface area contributed by atoms with Crippen molar-refractivity contribution < 1.29 is 14.3 Å². The van der Waals surface area contributed by atoms with E-state index in [2.05, 4.69) is 36.2 Å². The minimum Gasteiger partial charge on any atom is -0.453 e. The lowest BCUT2D eigenvalue weighted by Gasteiger charge is -2.39. The van der Waals surface area contributed by atoms with Crippen molar-refractivity contribution in [1.29, 1.82) is 0 Å². The van der Waals surface area contributed by atoms with E-state index in [9.17, 15) is 9.59 Å². The van der Waals surface area contributed by atoms with Gasteiger partial charge in [-0.05, 0) is 44.0 Å². The number of imidazole rings is 1. The van der Waals surface area contributed by atoms with Gasteiger partial charge in [-0.1, -0.05) is 35.9 Å². The summed E-state index contributed by atoms with van der Waals surface area (Å²) in [5.41, 5.74) is 7.09. The van der Waals surface area contributed by atoms with Crippen LogP contribution in [-0.4, -0.2) is 65.1 Å². The van der Waals surface area contributed by atoms with Crippen LogP contribution in [0.1, 0.15) is 50.4 Å². The highest BCUT2D eigenvalue weighted by molar-refractivity contribution is 5.96. The molecule has 0 radical (unpaired) electrons. The molecule has 3 heterocycles. The molecular weight excluding hydrogens is 428 g/mol. The highest BCUT2D eigenvalue weighted by atomic mass is 16.5. The van der Waals surface area contributed by atoms with Gasteiger partial charge >= 0.3 is 6.09 Å². The second kappa shape index (κ2) is 8.63. The van der Waals surface area contributed by atoms with Crippen molar-refractivity contribution in [3.05, 3.63) is 76.2 Å². The molecule has 3 aromatic rings. The highest BCUT2D eigenvalue weighted by Gasteiger charge is 2.35. The molecule has 2 aromatic carbocycles. The number of benzene rings is 2. The number of nitrogens with zero attached hydrogens (tertiary/aromatic N) is 3. The van der Waals surface area contributed by atoms with Gasteiger partial charge in [0.05, 0.1) is 18.7 Å². The Morgan fingerprint density at radius 3 is 2.29 bits per heavy atom. The summed E-state index contributed by atoms with van der Waals surface area (Å²) < 4.78 is 4.78. The Morgan fingerprint density at radius 1 is 0.941 bits per heavy atom. The minimum atomic E-state index is -0.308. The summed E-state index contributed by atoms with van der Waals surface area (Å²) in [6, 6.07) is 14.4. The third-order valence-corrected chi connectivity index (χ3v) is 7.06. The summed E-state index contributed by atoms with van der Waals surface area (Å²) in [5.74, 6) is 1.49. The lowest BCUT2D eigenvalue weighted by molar-refractivity contribution is 0.0602. The fourth-order valence-corrected chi connectivity index (χ4v) is 4.76. The number of aromatic nitrogens is 2. The maximum atomic E-state index is 13.2. The van der Waals surface area contributed by atoms with Crippen molar-refractivity contribution in [2.24, 2.45) is 0 Å². The third kappa shape index (κ3) is 3.95. The Labute approximate surface area is 199 Å². The van der Waals surface area contributed by atoms with Crippen molar-refractivity contribution >= 4 is 12.0 Å². The number of methoxy groups -OCH3 is 1. The summed E-state index contributed by atoms with van der Waals surface area (Å²) >= 11 is 0. The molecule has 2 fully saturated rings. The largest absolute Gasteiger partial charge is 0.453 e. The molecule has 0 saturated carbocycles. The number of aryl methyl sites for hydroxylation is 3.